The minimum atomic E-state index is -1.84. The fraction of sp³-hybridized carbons (Fsp3) is 0.529. The number of benzene rings is 1. The average molecular weight is 432 g/mol. The monoisotopic (exact) mass is 431 g/mol. The van der Waals surface area contributed by atoms with Gasteiger partial charge in [0, 0.05) is 4.47 Å². The van der Waals surface area contributed by atoms with Crippen molar-refractivity contribution in [3.63, 3.8) is 0 Å². The summed E-state index contributed by atoms with van der Waals surface area (Å²) in [5, 5.41) is 2.52. The number of nitrogens with zero attached hydrogens (tertiary/aromatic N) is 1. The van der Waals surface area contributed by atoms with Gasteiger partial charge < -0.3 is 18.6 Å². The Morgan fingerprint density at radius 2 is 1.96 bits per heavy atom. The van der Waals surface area contributed by atoms with E-state index >= 15 is 0 Å². The summed E-state index contributed by atoms with van der Waals surface area (Å²) in [4.78, 5) is 24.8. The van der Waals surface area contributed by atoms with Gasteiger partial charge in [0.15, 0.2) is 0 Å². The largest absolute Gasteiger partial charge is 0.444 e. The molecular formula is C17H24BrN2O4S-. The lowest BCUT2D eigenvalue weighted by Gasteiger charge is -2.23. The maximum absolute atomic E-state index is 12.4. The third-order valence-electron chi connectivity index (χ3n) is 2.87. The zero-order valence-electron chi connectivity index (χ0n) is 15.0. The van der Waals surface area contributed by atoms with Crippen LogP contribution in [0.2, 0.25) is 0 Å². The SMILES string of the molecule is CC(C)C[C@H](NC(=O)OC(C)(C)C)C(=O)N=[S-](=O)c1cccc(Br)c1. The Hall–Kier alpha value is -1.41. The second kappa shape index (κ2) is 9.33. The topological polar surface area (TPSA) is 84.8 Å². The predicted molar refractivity (Wildman–Crippen MR) is 101 cm³/mol. The molecule has 0 aliphatic carbocycles. The van der Waals surface area contributed by atoms with Crippen molar-refractivity contribution < 1.29 is 18.5 Å². The fourth-order valence-corrected chi connectivity index (χ4v) is 3.29. The lowest BCUT2D eigenvalue weighted by Crippen LogP contribution is -2.43. The van der Waals surface area contributed by atoms with Crippen molar-refractivity contribution in [2.75, 3.05) is 0 Å². The highest BCUT2D eigenvalue weighted by atomic mass is 79.9. The Labute approximate surface area is 159 Å². The Balaban J connectivity index is 2.94. The van der Waals surface area contributed by atoms with Crippen LogP contribution in [0.5, 0.6) is 0 Å². The van der Waals surface area contributed by atoms with Crippen LogP contribution in [0, 0.1) is 5.92 Å². The van der Waals surface area contributed by atoms with Crippen molar-refractivity contribution in [1.82, 2.24) is 5.32 Å². The summed E-state index contributed by atoms with van der Waals surface area (Å²) >= 11 is 3.28. The molecule has 0 saturated carbocycles. The number of hydrogen-bond acceptors (Lipinski definition) is 5. The van der Waals surface area contributed by atoms with Gasteiger partial charge >= 0.3 is 6.09 Å². The first-order valence-corrected chi connectivity index (χ1v) is 9.80. The molecule has 0 fully saturated rings. The molecule has 0 aliphatic heterocycles. The first kappa shape index (κ1) is 21.6. The van der Waals surface area contributed by atoms with Gasteiger partial charge in [-0.15, -0.1) is 0 Å². The molecule has 6 nitrogen and oxygen atoms in total. The van der Waals surface area contributed by atoms with E-state index in [9.17, 15) is 13.8 Å². The van der Waals surface area contributed by atoms with E-state index in [4.69, 9.17) is 4.74 Å². The molecule has 0 aliphatic rings. The van der Waals surface area contributed by atoms with E-state index in [1.807, 2.05) is 13.8 Å². The summed E-state index contributed by atoms with van der Waals surface area (Å²) in [6, 6.07) is 5.86. The van der Waals surface area contributed by atoms with E-state index in [0.717, 1.165) is 4.47 Å². The predicted octanol–water partition coefficient (Wildman–Crippen LogP) is 4.42. The third kappa shape index (κ3) is 8.49. The van der Waals surface area contributed by atoms with Crippen LogP contribution in [0.1, 0.15) is 41.0 Å². The molecule has 25 heavy (non-hydrogen) atoms. The molecule has 0 unspecified atom stereocenters. The Morgan fingerprint density at radius 3 is 2.48 bits per heavy atom. The number of carbonyl (C=O) groups excluding carboxylic acids is 2. The lowest BCUT2D eigenvalue weighted by atomic mass is 10.0. The normalized spacial score (nSPS) is 14.2. The van der Waals surface area contributed by atoms with Crippen LogP contribution < -0.4 is 5.32 Å². The number of halogens is 1. The van der Waals surface area contributed by atoms with Crippen LogP contribution in [0.15, 0.2) is 38.0 Å². The van der Waals surface area contributed by atoms with Crippen molar-refractivity contribution in [3.05, 3.63) is 28.7 Å². The minimum Gasteiger partial charge on any atom is -0.444 e. The van der Waals surface area contributed by atoms with E-state index in [-0.39, 0.29) is 5.92 Å². The quantitative estimate of drug-likeness (QED) is 0.698. The molecule has 0 saturated heterocycles. The van der Waals surface area contributed by atoms with Gasteiger partial charge in [0.05, 0.1) is 0 Å². The summed E-state index contributed by atoms with van der Waals surface area (Å²) < 4.78 is 21.9. The lowest BCUT2D eigenvalue weighted by molar-refractivity contribution is -0.120. The van der Waals surface area contributed by atoms with Crippen molar-refractivity contribution in [2.45, 2.75) is 57.6 Å². The van der Waals surface area contributed by atoms with Crippen LogP contribution in [-0.4, -0.2) is 23.6 Å². The standard InChI is InChI=1S/C17H24BrN2O4S/c1-11(2)9-14(19-16(22)24-17(3,4)5)15(21)20-25(23)13-8-6-7-12(18)10-13/h6-8,10-11,14H,9H2,1-5H3,(H,19,22)/q-1/t14-/m0/s1. The summed E-state index contributed by atoms with van der Waals surface area (Å²) in [5.74, 6) is -0.503. The Kier molecular flexibility index (Phi) is 8.08. The number of amides is 2. The summed E-state index contributed by atoms with van der Waals surface area (Å²) in [7, 11) is -1.84. The molecule has 0 bridgehead atoms. The molecule has 0 heterocycles. The zero-order valence-corrected chi connectivity index (χ0v) is 17.4. The molecule has 8 heteroatoms. The molecule has 0 aromatic heterocycles. The third-order valence-corrected chi connectivity index (χ3v) is 4.36. The molecule has 1 rings (SSSR count). The fourth-order valence-electron chi connectivity index (χ4n) is 1.92. The van der Waals surface area contributed by atoms with Gasteiger partial charge in [0.25, 0.3) is 0 Å². The number of alkyl carbamates (subject to hydrolysis) is 1. The van der Waals surface area contributed by atoms with Gasteiger partial charge in [-0.05, 0) is 39.2 Å². The first-order chi connectivity index (χ1) is 11.5. The smallest absolute Gasteiger partial charge is 0.408 e. The minimum absolute atomic E-state index is 0.137. The molecule has 140 valence electrons. The molecule has 1 N–H and O–H groups in total. The number of hydrogen-bond donors (Lipinski definition) is 1. The second-order valence-corrected chi connectivity index (χ2v) is 9.03. The molecule has 1 atom stereocenters. The molecule has 2 amide bonds. The maximum Gasteiger partial charge on any atom is 0.408 e. The van der Waals surface area contributed by atoms with E-state index in [0.29, 0.717) is 11.3 Å². The Morgan fingerprint density at radius 1 is 1.32 bits per heavy atom. The van der Waals surface area contributed by atoms with Crippen LogP contribution in [0.25, 0.3) is 0 Å². The number of carbonyl (C=O) groups is 2. The molecule has 0 spiro atoms. The van der Waals surface area contributed by atoms with Crippen LogP contribution in [0.3, 0.4) is 0 Å². The second-order valence-electron chi connectivity index (χ2n) is 6.96. The summed E-state index contributed by atoms with van der Waals surface area (Å²) in [5.41, 5.74) is -0.675. The summed E-state index contributed by atoms with van der Waals surface area (Å²) in [6.45, 7) is 9.04. The number of ether oxygens (including phenoxy) is 1. The van der Waals surface area contributed by atoms with Crippen molar-refractivity contribution in [1.29, 1.82) is 0 Å². The van der Waals surface area contributed by atoms with Crippen molar-refractivity contribution >= 4 is 38.5 Å². The van der Waals surface area contributed by atoms with E-state index in [1.54, 1.807) is 45.0 Å². The van der Waals surface area contributed by atoms with Gasteiger partial charge in [0.2, 0.25) is 5.91 Å². The maximum atomic E-state index is 12.4. The highest BCUT2D eigenvalue weighted by Crippen LogP contribution is 2.15. The van der Waals surface area contributed by atoms with Crippen molar-refractivity contribution in [3.8, 4) is 0 Å². The number of nitrogens with one attached hydrogen (secondary N) is 1. The Bertz CT molecular complexity index is 707. The first-order valence-electron chi connectivity index (χ1n) is 7.90. The van der Waals surface area contributed by atoms with E-state index in [2.05, 4.69) is 25.6 Å². The van der Waals surface area contributed by atoms with Gasteiger partial charge in [0.1, 0.15) is 11.6 Å². The van der Waals surface area contributed by atoms with Crippen LogP contribution in [-0.2, 0) is 24.3 Å². The molecule has 1 aromatic carbocycles. The van der Waals surface area contributed by atoms with E-state index < -0.39 is 34.2 Å². The van der Waals surface area contributed by atoms with E-state index in [1.165, 1.54) is 0 Å². The number of rotatable bonds is 5. The van der Waals surface area contributed by atoms with Crippen molar-refractivity contribution in [2.24, 2.45) is 10.3 Å². The zero-order chi connectivity index (χ0) is 19.2. The van der Waals surface area contributed by atoms with Crippen LogP contribution in [0.4, 0.5) is 4.79 Å². The molecular weight excluding hydrogens is 408 g/mol. The van der Waals surface area contributed by atoms with Gasteiger partial charge in [-0.3, -0.25) is 4.79 Å². The highest BCUT2D eigenvalue weighted by Gasteiger charge is 2.24. The van der Waals surface area contributed by atoms with Crippen LogP contribution >= 0.6 is 15.9 Å². The van der Waals surface area contributed by atoms with Gasteiger partial charge in [-0.25, -0.2) is 4.79 Å². The average Bonchev–Trinajstić information content (AvgIpc) is 2.43. The molecule has 0 radical (unpaired) electrons. The van der Waals surface area contributed by atoms with Gasteiger partial charge in [-0.1, -0.05) is 52.9 Å². The highest BCUT2D eigenvalue weighted by molar-refractivity contribution is 9.10. The summed E-state index contributed by atoms with van der Waals surface area (Å²) in [6.07, 6.45) is -0.327. The molecule has 1 aromatic rings. The van der Waals surface area contributed by atoms with Gasteiger partial charge in [-0.2, -0.15) is 10.6 Å².